The largest absolute Gasteiger partial charge is 0.495 e. The molecule has 0 aliphatic carbocycles. The maximum Gasteiger partial charge on any atom is 0.259 e. The molecule has 1 aliphatic rings. The third-order valence-electron chi connectivity index (χ3n) is 5.77. The summed E-state index contributed by atoms with van der Waals surface area (Å²) in [5.41, 5.74) is 8.58. The van der Waals surface area contributed by atoms with E-state index in [1.807, 2.05) is 53.4 Å². The van der Waals surface area contributed by atoms with E-state index in [0.717, 1.165) is 18.5 Å². The molecule has 0 unspecified atom stereocenters. The van der Waals surface area contributed by atoms with Gasteiger partial charge in [0, 0.05) is 30.3 Å². The van der Waals surface area contributed by atoms with Crippen LogP contribution in [0.2, 0.25) is 0 Å². The maximum atomic E-state index is 12.7. The number of anilines is 2. The molecule has 0 bridgehead atoms. The zero-order valence-electron chi connectivity index (χ0n) is 18.0. The average Bonchev–Trinajstić information content (AvgIpc) is 2.84. The molecule has 1 fully saturated rings. The van der Waals surface area contributed by atoms with E-state index < -0.39 is 0 Å². The van der Waals surface area contributed by atoms with E-state index >= 15 is 0 Å². The van der Waals surface area contributed by atoms with Gasteiger partial charge in [-0.2, -0.15) is 0 Å². The summed E-state index contributed by atoms with van der Waals surface area (Å²) in [6.07, 6.45) is 1.61. The Labute approximate surface area is 187 Å². The van der Waals surface area contributed by atoms with Crippen LogP contribution in [0.1, 0.15) is 45.2 Å². The smallest absolute Gasteiger partial charge is 0.259 e. The van der Waals surface area contributed by atoms with E-state index in [9.17, 15) is 9.59 Å². The monoisotopic (exact) mass is 430 g/mol. The number of rotatable bonds is 5. The number of piperidine rings is 1. The first-order chi connectivity index (χ1) is 15.6. The number of pyridine rings is 1. The number of methoxy groups -OCH3 is 1. The van der Waals surface area contributed by atoms with Crippen molar-refractivity contribution in [1.29, 1.82) is 0 Å². The van der Waals surface area contributed by atoms with Gasteiger partial charge in [0.25, 0.3) is 11.8 Å². The van der Waals surface area contributed by atoms with Crippen LogP contribution in [0.15, 0.2) is 66.7 Å². The van der Waals surface area contributed by atoms with Crippen molar-refractivity contribution in [3.05, 3.63) is 83.6 Å². The van der Waals surface area contributed by atoms with Gasteiger partial charge >= 0.3 is 0 Å². The molecular weight excluding hydrogens is 404 g/mol. The Morgan fingerprint density at radius 2 is 1.69 bits per heavy atom. The quantitative estimate of drug-likeness (QED) is 0.639. The number of hydrogen-bond acceptors (Lipinski definition) is 5. The number of hydrogen-bond donors (Lipinski definition) is 2. The molecule has 2 aromatic carbocycles. The molecule has 7 nitrogen and oxygen atoms in total. The number of nitrogens with one attached hydrogen (secondary N) is 1. The SMILES string of the molecule is COc1ccccc1NC(=O)c1ccc(C2CCN(C(=O)c3ccccc3)CC2)nc1N. The number of likely N-dealkylation sites (tertiary alicyclic amines) is 1. The summed E-state index contributed by atoms with van der Waals surface area (Å²) >= 11 is 0. The van der Waals surface area contributed by atoms with Gasteiger partial charge in [0.15, 0.2) is 0 Å². The number of amides is 2. The molecule has 1 saturated heterocycles. The van der Waals surface area contributed by atoms with E-state index in [1.165, 1.54) is 0 Å². The summed E-state index contributed by atoms with van der Waals surface area (Å²) in [7, 11) is 1.55. The van der Waals surface area contributed by atoms with Crippen LogP contribution in [0.3, 0.4) is 0 Å². The van der Waals surface area contributed by atoms with Crippen molar-refractivity contribution in [1.82, 2.24) is 9.88 Å². The standard InChI is InChI=1S/C25H26N4O3/c1-32-22-10-6-5-9-21(22)28-24(30)19-11-12-20(27-23(19)26)17-13-15-29(16-14-17)25(31)18-7-3-2-4-8-18/h2-12,17H,13-16H2,1H3,(H2,26,27)(H,28,30). The highest BCUT2D eigenvalue weighted by Crippen LogP contribution is 2.29. The van der Waals surface area contributed by atoms with Gasteiger partial charge in [-0.05, 0) is 49.2 Å². The van der Waals surface area contributed by atoms with Gasteiger partial charge in [0.05, 0.1) is 18.4 Å². The molecule has 4 rings (SSSR count). The van der Waals surface area contributed by atoms with Gasteiger partial charge in [0.1, 0.15) is 11.6 Å². The predicted octanol–water partition coefficient (Wildman–Crippen LogP) is 3.94. The average molecular weight is 431 g/mol. The summed E-state index contributed by atoms with van der Waals surface area (Å²) in [6.45, 7) is 1.33. The van der Waals surface area contributed by atoms with Crippen LogP contribution in [-0.2, 0) is 0 Å². The molecule has 1 aromatic heterocycles. The number of nitrogens with zero attached hydrogens (tertiary/aromatic N) is 2. The van der Waals surface area contributed by atoms with Gasteiger partial charge in [-0.1, -0.05) is 30.3 Å². The van der Waals surface area contributed by atoms with Crippen molar-refractivity contribution in [2.75, 3.05) is 31.2 Å². The number of benzene rings is 2. The third kappa shape index (κ3) is 4.56. The van der Waals surface area contributed by atoms with Crippen molar-refractivity contribution in [2.45, 2.75) is 18.8 Å². The molecule has 32 heavy (non-hydrogen) atoms. The Balaban J connectivity index is 1.40. The second kappa shape index (κ2) is 9.51. The lowest BCUT2D eigenvalue weighted by Crippen LogP contribution is -2.38. The number of carbonyl (C=O) groups is 2. The molecule has 0 radical (unpaired) electrons. The van der Waals surface area contributed by atoms with Crippen molar-refractivity contribution in [3.8, 4) is 5.75 Å². The lowest BCUT2D eigenvalue weighted by atomic mass is 9.92. The molecule has 2 heterocycles. The summed E-state index contributed by atoms with van der Waals surface area (Å²) < 4.78 is 5.27. The number of nitrogen functional groups attached to an aromatic ring is 1. The first-order valence-corrected chi connectivity index (χ1v) is 10.6. The van der Waals surface area contributed by atoms with Crippen LogP contribution in [-0.4, -0.2) is 41.9 Å². The number of carbonyl (C=O) groups excluding carboxylic acids is 2. The highest BCUT2D eigenvalue weighted by Gasteiger charge is 2.26. The molecule has 164 valence electrons. The number of aromatic nitrogens is 1. The Kier molecular flexibility index (Phi) is 6.35. The number of para-hydroxylation sites is 2. The van der Waals surface area contributed by atoms with E-state index in [-0.39, 0.29) is 23.6 Å². The minimum Gasteiger partial charge on any atom is -0.495 e. The zero-order valence-corrected chi connectivity index (χ0v) is 18.0. The van der Waals surface area contributed by atoms with Crippen LogP contribution in [0, 0.1) is 0 Å². The second-order valence-corrected chi connectivity index (χ2v) is 7.76. The summed E-state index contributed by atoms with van der Waals surface area (Å²) in [6, 6.07) is 20.1. The second-order valence-electron chi connectivity index (χ2n) is 7.76. The summed E-state index contributed by atoms with van der Waals surface area (Å²) in [5.74, 6) is 0.677. The topological polar surface area (TPSA) is 97.5 Å². The van der Waals surface area contributed by atoms with Crippen molar-refractivity contribution >= 4 is 23.3 Å². The fraction of sp³-hybridized carbons (Fsp3) is 0.240. The molecule has 3 aromatic rings. The predicted molar refractivity (Wildman–Crippen MR) is 124 cm³/mol. The normalized spacial score (nSPS) is 14.1. The van der Waals surface area contributed by atoms with Gasteiger partial charge < -0.3 is 20.7 Å². The molecule has 0 saturated carbocycles. The fourth-order valence-corrected chi connectivity index (χ4v) is 3.99. The molecular formula is C25H26N4O3. The van der Waals surface area contributed by atoms with E-state index in [2.05, 4.69) is 10.3 Å². The Hall–Kier alpha value is -3.87. The molecule has 2 amide bonds. The first kappa shape index (κ1) is 21.4. The maximum absolute atomic E-state index is 12.7. The highest BCUT2D eigenvalue weighted by molar-refractivity contribution is 6.07. The van der Waals surface area contributed by atoms with Crippen LogP contribution in [0.4, 0.5) is 11.5 Å². The van der Waals surface area contributed by atoms with Crippen LogP contribution >= 0.6 is 0 Å². The molecule has 3 N–H and O–H groups in total. The van der Waals surface area contributed by atoms with Crippen LogP contribution < -0.4 is 15.8 Å². The molecule has 1 aliphatic heterocycles. The van der Waals surface area contributed by atoms with E-state index in [1.54, 1.807) is 25.3 Å². The first-order valence-electron chi connectivity index (χ1n) is 10.6. The summed E-state index contributed by atoms with van der Waals surface area (Å²) in [4.78, 5) is 31.8. The van der Waals surface area contributed by atoms with Gasteiger partial charge in [0.2, 0.25) is 0 Å². The van der Waals surface area contributed by atoms with Crippen molar-refractivity contribution < 1.29 is 14.3 Å². The Bertz CT molecular complexity index is 1110. The third-order valence-corrected chi connectivity index (χ3v) is 5.77. The fourth-order valence-electron chi connectivity index (χ4n) is 3.99. The van der Waals surface area contributed by atoms with Crippen LogP contribution in [0.5, 0.6) is 5.75 Å². The van der Waals surface area contributed by atoms with E-state index in [4.69, 9.17) is 10.5 Å². The van der Waals surface area contributed by atoms with E-state index in [0.29, 0.717) is 35.7 Å². The Morgan fingerprint density at radius 1 is 1.00 bits per heavy atom. The minimum atomic E-state index is -0.339. The van der Waals surface area contributed by atoms with Crippen LogP contribution in [0.25, 0.3) is 0 Å². The summed E-state index contributed by atoms with van der Waals surface area (Å²) in [5, 5.41) is 2.82. The minimum absolute atomic E-state index is 0.0554. The lowest BCUT2D eigenvalue weighted by Gasteiger charge is -2.32. The number of nitrogens with two attached hydrogens (primary N) is 1. The Morgan fingerprint density at radius 3 is 2.38 bits per heavy atom. The molecule has 0 atom stereocenters. The van der Waals surface area contributed by atoms with Crippen molar-refractivity contribution in [2.24, 2.45) is 0 Å². The lowest BCUT2D eigenvalue weighted by molar-refractivity contribution is 0.0712. The highest BCUT2D eigenvalue weighted by atomic mass is 16.5. The zero-order chi connectivity index (χ0) is 22.5. The molecule has 7 heteroatoms. The molecule has 0 spiro atoms. The van der Waals surface area contributed by atoms with Gasteiger partial charge in [-0.15, -0.1) is 0 Å². The van der Waals surface area contributed by atoms with Crippen molar-refractivity contribution in [3.63, 3.8) is 0 Å². The number of ether oxygens (including phenoxy) is 1. The van der Waals surface area contributed by atoms with Gasteiger partial charge in [-0.3, -0.25) is 9.59 Å². The van der Waals surface area contributed by atoms with Gasteiger partial charge in [-0.25, -0.2) is 4.98 Å².